The first kappa shape index (κ1) is 18.9. The second-order valence-corrected chi connectivity index (χ2v) is 7.57. The molecule has 0 spiro atoms. The monoisotopic (exact) mass is 448 g/mol. The Morgan fingerprint density at radius 1 is 1.11 bits per heavy atom. The summed E-state index contributed by atoms with van der Waals surface area (Å²) in [6.07, 6.45) is 2.65. The molecule has 7 nitrogen and oxygen atoms in total. The van der Waals surface area contributed by atoms with Gasteiger partial charge in [0.25, 0.3) is 5.91 Å². The van der Waals surface area contributed by atoms with E-state index >= 15 is 0 Å². The van der Waals surface area contributed by atoms with Crippen molar-refractivity contribution in [3.05, 3.63) is 46.3 Å². The van der Waals surface area contributed by atoms with Gasteiger partial charge in [0.2, 0.25) is 5.91 Å². The molecule has 3 heterocycles. The van der Waals surface area contributed by atoms with Crippen molar-refractivity contribution in [2.24, 2.45) is 0 Å². The molecule has 2 aromatic rings. The van der Waals surface area contributed by atoms with E-state index in [0.717, 1.165) is 36.3 Å². The number of carbonyl (C=O) groups excluding carboxylic acids is 2. The van der Waals surface area contributed by atoms with Crippen molar-refractivity contribution < 1.29 is 23.5 Å². The van der Waals surface area contributed by atoms with Gasteiger partial charge in [0.15, 0.2) is 21.9 Å². The average molecular weight is 449 g/mol. The summed E-state index contributed by atoms with van der Waals surface area (Å²) in [5.74, 6) is 1.11. The van der Waals surface area contributed by atoms with Crippen LogP contribution < -0.4 is 14.8 Å². The minimum Gasteiger partial charge on any atom is -0.490 e. The van der Waals surface area contributed by atoms with Crippen LogP contribution in [0.25, 0.3) is 0 Å². The summed E-state index contributed by atoms with van der Waals surface area (Å²) >= 11 is 3.16. The number of amides is 2. The number of hydrogen-bond donors (Lipinski definition) is 1. The zero-order valence-corrected chi connectivity index (χ0v) is 16.9. The van der Waals surface area contributed by atoms with Crippen molar-refractivity contribution in [3.63, 3.8) is 0 Å². The third kappa shape index (κ3) is 4.01. The summed E-state index contributed by atoms with van der Waals surface area (Å²) in [4.78, 5) is 26.6. The molecule has 2 aliphatic rings. The van der Waals surface area contributed by atoms with Crippen molar-refractivity contribution in [1.29, 1.82) is 0 Å². The summed E-state index contributed by atoms with van der Waals surface area (Å²) in [5, 5.41) is 2.63. The van der Waals surface area contributed by atoms with Crippen LogP contribution in [-0.4, -0.2) is 43.0 Å². The molecule has 4 rings (SSSR count). The molecule has 0 radical (unpaired) electrons. The van der Waals surface area contributed by atoms with Gasteiger partial charge in [0, 0.05) is 13.0 Å². The SMILES string of the molecule is O=C(NCC(=O)N1CCC[C@H]1c1ccc2c(c1)OCCCO2)c1ccc(Br)o1. The number of benzene rings is 1. The Kier molecular flexibility index (Phi) is 5.57. The molecule has 1 atom stereocenters. The molecule has 0 bridgehead atoms. The van der Waals surface area contributed by atoms with Gasteiger partial charge in [-0.3, -0.25) is 9.59 Å². The molecule has 0 aliphatic carbocycles. The highest BCUT2D eigenvalue weighted by Gasteiger charge is 2.31. The highest BCUT2D eigenvalue weighted by Crippen LogP contribution is 2.37. The Morgan fingerprint density at radius 2 is 1.93 bits per heavy atom. The number of likely N-dealkylation sites (tertiary alicyclic amines) is 1. The van der Waals surface area contributed by atoms with E-state index in [4.69, 9.17) is 13.9 Å². The first-order chi connectivity index (χ1) is 13.6. The van der Waals surface area contributed by atoms with Crippen LogP contribution in [0.4, 0.5) is 0 Å². The Morgan fingerprint density at radius 3 is 2.71 bits per heavy atom. The molecule has 2 aliphatic heterocycles. The standard InChI is InChI=1S/C20H21BrN2O5/c21-18-7-6-16(28-18)20(25)22-12-19(24)23-8-1-3-14(23)13-4-5-15-17(11-13)27-10-2-9-26-15/h4-7,11,14H,1-3,8-10,12H2,(H,22,25)/t14-/m0/s1. The van der Waals surface area contributed by atoms with Crippen molar-refractivity contribution >= 4 is 27.7 Å². The maximum absolute atomic E-state index is 12.7. The molecular formula is C20H21BrN2O5. The van der Waals surface area contributed by atoms with Crippen LogP contribution in [-0.2, 0) is 4.79 Å². The first-order valence-corrected chi connectivity index (χ1v) is 10.1. The predicted octanol–water partition coefficient (Wildman–Crippen LogP) is 3.30. The molecule has 1 saturated heterocycles. The van der Waals surface area contributed by atoms with Gasteiger partial charge in [0.1, 0.15) is 0 Å². The molecule has 2 amide bonds. The average Bonchev–Trinajstić information content (AvgIpc) is 3.29. The largest absolute Gasteiger partial charge is 0.490 e. The van der Waals surface area contributed by atoms with E-state index in [1.165, 1.54) is 0 Å². The van der Waals surface area contributed by atoms with Gasteiger partial charge >= 0.3 is 0 Å². The zero-order chi connectivity index (χ0) is 19.5. The topological polar surface area (TPSA) is 81.0 Å². The van der Waals surface area contributed by atoms with Crippen molar-refractivity contribution in [2.75, 3.05) is 26.3 Å². The van der Waals surface area contributed by atoms with Gasteiger partial charge in [0.05, 0.1) is 25.8 Å². The van der Waals surface area contributed by atoms with E-state index in [-0.39, 0.29) is 24.3 Å². The second kappa shape index (κ2) is 8.26. The summed E-state index contributed by atoms with van der Waals surface area (Å²) in [7, 11) is 0. The Bertz CT molecular complexity index is 881. The predicted molar refractivity (Wildman–Crippen MR) is 104 cm³/mol. The molecule has 8 heteroatoms. The number of nitrogens with one attached hydrogen (secondary N) is 1. The summed E-state index contributed by atoms with van der Waals surface area (Å²) < 4.78 is 17.1. The highest BCUT2D eigenvalue weighted by molar-refractivity contribution is 9.10. The molecule has 1 aromatic heterocycles. The lowest BCUT2D eigenvalue weighted by atomic mass is 10.0. The molecule has 0 saturated carbocycles. The maximum atomic E-state index is 12.7. The number of furan rings is 1. The normalized spacial score (nSPS) is 18.6. The van der Waals surface area contributed by atoms with Crippen LogP contribution in [0.1, 0.15) is 41.4 Å². The van der Waals surface area contributed by atoms with E-state index in [2.05, 4.69) is 21.2 Å². The molecule has 1 fully saturated rings. The van der Waals surface area contributed by atoms with E-state index < -0.39 is 5.91 Å². The Labute approximate surface area is 171 Å². The summed E-state index contributed by atoms with van der Waals surface area (Å²) in [6, 6.07) is 9.03. The third-order valence-corrected chi connectivity index (χ3v) is 5.35. The molecule has 148 valence electrons. The molecule has 1 aromatic carbocycles. The lowest BCUT2D eigenvalue weighted by molar-refractivity contribution is -0.131. The zero-order valence-electron chi connectivity index (χ0n) is 15.3. The number of halogens is 1. The fourth-order valence-electron chi connectivity index (χ4n) is 3.58. The van der Waals surface area contributed by atoms with Crippen LogP contribution in [0, 0.1) is 0 Å². The molecule has 0 unspecified atom stereocenters. The van der Waals surface area contributed by atoms with Crippen LogP contribution in [0.5, 0.6) is 11.5 Å². The molecular weight excluding hydrogens is 428 g/mol. The minimum atomic E-state index is -0.412. The van der Waals surface area contributed by atoms with Crippen LogP contribution in [0.15, 0.2) is 39.4 Å². The van der Waals surface area contributed by atoms with Gasteiger partial charge in [-0.15, -0.1) is 0 Å². The number of fused-ring (bicyclic) bond motifs is 1. The minimum absolute atomic E-state index is 0.0284. The fraction of sp³-hybridized carbons (Fsp3) is 0.400. The van der Waals surface area contributed by atoms with Gasteiger partial charge < -0.3 is 24.1 Å². The quantitative estimate of drug-likeness (QED) is 0.775. The maximum Gasteiger partial charge on any atom is 0.287 e. The number of ether oxygens (including phenoxy) is 2. The first-order valence-electron chi connectivity index (χ1n) is 9.34. The van der Waals surface area contributed by atoms with Crippen molar-refractivity contribution in [2.45, 2.75) is 25.3 Å². The number of hydrogen-bond acceptors (Lipinski definition) is 5. The van der Waals surface area contributed by atoms with Crippen LogP contribution in [0.3, 0.4) is 0 Å². The van der Waals surface area contributed by atoms with Gasteiger partial charge in [-0.1, -0.05) is 6.07 Å². The Hall–Kier alpha value is -2.48. The van der Waals surface area contributed by atoms with Crippen LogP contribution >= 0.6 is 15.9 Å². The summed E-state index contributed by atoms with van der Waals surface area (Å²) in [5.41, 5.74) is 1.02. The van der Waals surface area contributed by atoms with Crippen molar-refractivity contribution in [3.8, 4) is 11.5 Å². The third-order valence-electron chi connectivity index (χ3n) is 4.93. The van der Waals surface area contributed by atoms with Crippen molar-refractivity contribution in [1.82, 2.24) is 10.2 Å². The van der Waals surface area contributed by atoms with E-state index in [0.29, 0.717) is 24.4 Å². The van der Waals surface area contributed by atoms with Gasteiger partial charge in [-0.25, -0.2) is 0 Å². The van der Waals surface area contributed by atoms with Gasteiger partial charge in [-0.05, 0) is 58.6 Å². The smallest absolute Gasteiger partial charge is 0.287 e. The fourth-order valence-corrected chi connectivity index (χ4v) is 3.89. The van der Waals surface area contributed by atoms with E-state index in [1.807, 2.05) is 23.1 Å². The van der Waals surface area contributed by atoms with E-state index in [9.17, 15) is 9.59 Å². The highest BCUT2D eigenvalue weighted by atomic mass is 79.9. The van der Waals surface area contributed by atoms with Crippen LogP contribution in [0.2, 0.25) is 0 Å². The number of nitrogens with zero attached hydrogens (tertiary/aromatic N) is 1. The second-order valence-electron chi connectivity index (χ2n) is 6.79. The number of rotatable bonds is 4. The summed E-state index contributed by atoms with van der Waals surface area (Å²) in [6.45, 7) is 1.86. The number of carbonyl (C=O) groups is 2. The molecule has 28 heavy (non-hydrogen) atoms. The lowest BCUT2D eigenvalue weighted by Crippen LogP contribution is -2.39. The van der Waals surface area contributed by atoms with E-state index in [1.54, 1.807) is 12.1 Å². The Balaban J connectivity index is 1.42. The van der Waals surface area contributed by atoms with Gasteiger partial charge in [-0.2, -0.15) is 0 Å². The lowest BCUT2D eigenvalue weighted by Gasteiger charge is -2.25. The molecule has 1 N–H and O–H groups in total.